The van der Waals surface area contributed by atoms with Crippen LogP contribution in [-0.2, 0) is 16.1 Å². The van der Waals surface area contributed by atoms with Crippen molar-refractivity contribution in [3.05, 3.63) is 29.3 Å². The molecule has 8 nitrogen and oxygen atoms in total. The number of rotatable bonds is 5. The second kappa shape index (κ2) is 9.54. The fourth-order valence-corrected chi connectivity index (χ4v) is 6.83. The van der Waals surface area contributed by atoms with E-state index in [2.05, 4.69) is 15.5 Å². The molecule has 3 amide bonds. The summed E-state index contributed by atoms with van der Waals surface area (Å²) < 4.78 is 6.57. The van der Waals surface area contributed by atoms with E-state index in [0.717, 1.165) is 29.6 Å². The van der Waals surface area contributed by atoms with Crippen LogP contribution in [0.2, 0.25) is 0 Å². The van der Waals surface area contributed by atoms with Crippen LogP contribution in [0.25, 0.3) is 0 Å². The van der Waals surface area contributed by atoms with E-state index in [-0.39, 0.29) is 30.2 Å². The highest BCUT2D eigenvalue weighted by atomic mass is 16.5. The van der Waals surface area contributed by atoms with E-state index in [4.69, 9.17) is 4.74 Å². The Labute approximate surface area is 206 Å². The summed E-state index contributed by atoms with van der Waals surface area (Å²) >= 11 is 0. The van der Waals surface area contributed by atoms with Gasteiger partial charge in [0.25, 0.3) is 5.91 Å². The maximum absolute atomic E-state index is 13.0. The largest absolute Gasteiger partial charge is 0.489 e. The summed E-state index contributed by atoms with van der Waals surface area (Å²) in [6.45, 7) is 5.11. The Morgan fingerprint density at radius 2 is 1.80 bits per heavy atom. The van der Waals surface area contributed by atoms with Crippen molar-refractivity contribution < 1.29 is 19.1 Å². The predicted octanol–water partition coefficient (Wildman–Crippen LogP) is 2.07. The molecule has 2 unspecified atom stereocenters. The SMILES string of the molecule is O=C1CCC(N2Cc3cc(O[C@H]4CCCC[C@@H]4N4CC(C5CCCNC5)C4)ccc3C2=O)C(=O)N1. The fraction of sp³-hybridized carbons (Fsp3) is 0.667. The minimum atomic E-state index is -0.585. The van der Waals surface area contributed by atoms with E-state index in [1.807, 2.05) is 18.2 Å². The normalized spacial score (nSPS) is 32.2. The van der Waals surface area contributed by atoms with E-state index in [1.165, 1.54) is 58.3 Å². The summed E-state index contributed by atoms with van der Waals surface area (Å²) in [5.74, 6) is 1.67. The highest BCUT2D eigenvalue weighted by molar-refractivity contribution is 6.05. The van der Waals surface area contributed by atoms with Crippen molar-refractivity contribution in [3.63, 3.8) is 0 Å². The molecule has 3 saturated heterocycles. The van der Waals surface area contributed by atoms with Crippen LogP contribution in [-0.4, -0.2) is 71.9 Å². The Bertz CT molecular complexity index is 1000. The lowest BCUT2D eigenvalue weighted by atomic mass is 9.78. The Balaban J connectivity index is 1.10. The van der Waals surface area contributed by atoms with E-state index < -0.39 is 6.04 Å². The molecule has 4 aliphatic heterocycles. The van der Waals surface area contributed by atoms with E-state index in [9.17, 15) is 14.4 Å². The van der Waals surface area contributed by atoms with E-state index in [1.54, 1.807) is 4.90 Å². The first-order valence-electron chi connectivity index (χ1n) is 13.5. The van der Waals surface area contributed by atoms with Gasteiger partial charge in [0.05, 0.1) is 0 Å². The number of fused-ring (bicyclic) bond motifs is 1. The third-order valence-corrected chi connectivity index (χ3v) is 8.86. The number of ether oxygens (including phenoxy) is 1. The molecule has 0 spiro atoms. The Morgan fingerprint density at radius 1 is 0.943 bits per heavy atom. The number of imide groups is 1. The van der Waals surface area contributed by atoms with Gasteiger partial charge in [-0.15, -0.1) is 0 Å². The monoisotopic (exact) mass is 480 g/mol. The van der Waals surface area contributed by atoms with Crippen LogP contribution in [0.4, 0.5) is 0 Å². The molecule has 1 saturated carbocycles. The minimum Gasteiger partial charge on any atom is -0.489 e. The molecule has 1 aromatic rings. The maximum Gasteiger partial charge on any atom is 0.255 e. The van der Waals surface area contributed by atoms with Crippen molar-refractivity contribution >= 4 is 17.7 Å². The number of hydrogen-bond acceptors (Lipinski definition) is 6. The molecule has 1 aromatic carbocycles. The minimum absolute atomic E-state index is 0.139. The quantitative estimate of drug-likeness (QED) is 0.627. The number of benzene rings is 1. The molecular formula is C27H36N4O4. The van der Waals surface area contributed by atoms with Crippen LogP contribution in [0.1, 0.15) is 67.3 Å². The van der Waals surface area contributed by atoms with E-state index >= 15 is 0 Å². The Kier molecular flexibility index (Phi) is 6.26. The zero-order valence-corrected chi connectivity index (χ0v) is 20.3. The summed E-state index contributed by atoms with van der Waals surface area (Å²) in [6.07, 6.45) is 8.19. The first kappa shape index (κ1) is 23.0. The summed E-state index contributed by atoms with van der Waals surface area (Å²) in [6, 6.07) is 5.61. The summed E-state index contributed by atoms with van der Waals surface area (Å²) in [7, 11) is 0. The molecule has 5 aliphatic rings. The van der Waals surface area contributed by atoms with Gasteiger partial charge < -0.3 is 15.0 Å². The number of amides is 3. The molecule has 6 rings (SSSR count). The van der Waals surface area contributed by atoms with Gasteiger partial charge in [0.15, 0.2) is 0 Å². The van der Waals surface area contributed by atoms with Crippen LogP contribution in [0.15, 0.2) is 18.2 Å². The van der Waals surface area contributed by atoms with Gasteiger partial charge in [-0.05, 0) is 87.2 Å². The molecule has 8 heteroatoms. The standard InChI is InChI=1S/C27H36N4O4/c32-25-10-9-23(26(33)29-25)31-16-18-12-20(7-8-21(18)27(31)34)35-24-6-2-1-5-22(24)30-14-19(15-30)17-4-3-11-28-13-17/h7-8,12,17,19,22-24,28H,1-6,9-11,13-16H2,(H,29,32,33)/t17?,22-,23?,24-/m0/s1. The molecular weight excluding hydrogens is 444 g/mol. The first-order chi connectivity index (χ1) is 17.1. The van der Waals surface area contributed by atoms with Gasteiger partial charge in [0.1, 0.15) is 17.9 Å². The van der Waals surface area contributed by atoms with Crippen molar-refractivity contribution in [1.29, 1.82) is 0 Å². The van der Waals surface area contributed by atoms with Gasteiger partial charge in [-0.3, -0.25) is 24.6 Å². The van der Waals surface area contributed by atoms with Crippen molar-refractivity contribution in [2.24, 2.45) is 11.8 Å². The number of piperidine rings is 2. The Morgan fingerprint density at radius 3 is 2.60 bits per heavy atom. The number of carbonyl (C=O) groups is 3. The summed E-state index contributed by atoms with van der Waals surface area (Å²) in [5, 5.41) is 5.93. The third-order valence-electron chi connectivity index (χ3n) is 8.86. The molecule has 0 bridgehead atoms. The Hall–Kier alpha value is -2.45. The summed E-state index contributed by atoms with van der Waals surface area (Å²) in [5.41, 5.74) is 1.53. The molecule has 1 aliphatic carbocycles. The second-order valence-corrected chi connectivity index (χ2v) is 11.0. The number of nitrogens with one attached hydrogen (secondary N) is 2. The number of likely N-dealkylation sites (tertiary alicyclic amines) is 1. The molecule has 2 N–H and O–H groups in total. The van der Waals surface area contributed by atoms with Gasteiger partial charge >= 0.3 is 0 Å². The van der Waals surface area contributed by atoms with Crippen molar-refractivity contribution in [1.82, 2.24) is 20.4 Å². The predicted molar refractivity (Wildman–Crippen MR) is 130 cm³/mol. The van der Waals surface area contributed by atoms with Crippen LogP contribution in [0.5, 0.6) is 5.75 Å². The van der Waals surface area contributed by atoms with Gasteiger partial charge in [-0.2, -0.15) is 0 Å². The molecule has 4 fully saturated rings. The highest BCUT2D eigenvalue weighted by Gasteiger charge is 2.42. The van der Waals surface area contributed by atoms with Gasteiger partial charge in [-0.1, -0.05) is 6.42 Å². The average Bonchev–Trinajstić information content (AvgIpc) is 3.15. The van der Waals surface area contributed by atoms with Crippen molar-refractivity contribution in [3.8, 4) is 5.75 Å². The molecule has 4 heterocycles. The van der Waals surface area contributed by atoms with E-state index in [0.29, 0.717) is 24.6 Å². The second-order valence-electron chi connectivity index (χ2n) is 11.0. The van der Waals surface area contributed by atoms with Gasteiger partial charge in [-0.25, -0.2) is 0 Å². The lowest BCUT2D eigenvalue weighted by molar-refractivity contribution is -0.136. The highest BCUT2D eigenvalue weighted by Crippen LogP contribution is 2.36. The number of carbonyl (C=O) groups excluding carboxylic acids is 3. The lowest BCUT2D eigenvalue weighted by Gasteiger charge is -2.51. The molecule has 0 aromatic heterocycles. The first-order valence-corrected chi connectivity index (χ1v) is 13.5. The lowest BCUT2D eigenvalue weighted by Crippen LogP contribution is -2.60. The zero-order valence-electron chi connectivity index (χ0n) is 20.3. The number of hydrogen-bond donors (Lipinski definition) is 2. The van der Waals surface area contributed by atoms with Crippen LogP contribution in [0, 0.1) is 11.8 Å². The van der Waals surface area contributed by atoms with Crippen LogP contribution < -0.4 is 15.4 Å². The topological polar surface area (TPSA) is 91.0 Å². The van der Waals surface area contributed by atoms with Crippen molar-refractivity contribution in [2.45, 2.75) is 76.1 Å². The van der Waals surface area contributed by atoms with Gasteiger partial charge in [0.2, 0.25) is 11.8 Å². The average molecular weight is 481 g/mol. The van der Waals surface area contributed by atoms with Crippen LogP contribution in [0.3, 0.4) is 0 Å². The third kappa shape index (κ3) is 4.47. The molecule has 35 heavy (non-hydrogen) atoms. The molecule has 0 radical (unpaired) electrons. The molecule has 188 valence electrons. The smallest absolute Gasteiger partial charge is 0.255 e. The maximum atomic E-state index is 13.0. The molecule has 4 atom stereocenters. The number of nitrogens with zero attached hydrogens (tertiary/aromatic N) is 2. The van der Waals surface area contributed by atoms with Crippen molar-refractivity contribution in [2.75, 3.05) is 26.2 Å². The van der Waals surface area contributed by atoms with Crippen LogP contribution >= 0.6 is 0 Å². The zero-order chi connectivity index (χ0) is 23.9. The fourth-order valence-electron chi connectivity index (χ4n) is 6.83. The summed E-state index contributed by atoms with van der Waals surface area (Å²) in [4.78, 5) is 41.0. The van der Waals surface area contributed by atoms with Gasteiger partial charge in [0, 0.05) is 37.7 Å².